The van der Waals surface area contributed by atoms with Crippen molar-refractivity contribution >= 4 is 51.4 Å². The molecule has 20 nitrogen and oxygen atoms in total. The quantitative estimate of drug-likeness (QED) is 0.0347. The third kappa shape index (κ3) is 12.4. The van der Waals surface area contributed by atoms with Crippen LogP contribution >= 0.6 is 15.9 Å². The molecule has 4 aliphatic rings. The van der Waals surface area contributed by atoms with Crippen molar-refractivity contribution in [3.8, 4) is 0 Å². The molecule has 408 valence electrons. The van der Waals surface area contributed by atoms with Crippen LogP contribution in [0.4, 0.5) is 0 Å². The van der Waals surface area contributed by atoms with Crippen LogP contribution in [0.2, 0.25) is 0 Å². The number of nitrogens with one attached hydrogen (secondary N) is 2. The van der Waals surface area contributed by atoms with Gasteiger partial charge in [0, 0.05) is 52.4 Å². The molecular weight excluding hydrogens is 1030 g/mol. The molecule has 1 saturated heterocycles. The Labute approximate surface area is 439 Å². The van der Waals surface area contributed by atoms with Crippen LogP contribution in [-0.4, -0.2) is 179 Å². The molecule has 1 aliphatic heterocycles. The summed E-state index contributed by atoms with van der Waals surface area (Å²) in [5, 5.41) is 31.4. The Balaban J connectivity index is 1.20. The maximum absolute atomic E-state index is 15.7. The number of hydrogen-bond acceptors (Lipinski definition) is 18. The van der Waals surface area contributed by atoms with Crippen LogP contribution < -0.4 is 10.6 Å². The number of ketones is 1. The molecule has 4 N–H and O–H groups in total. The monoisotopic (exact) mass is 1100 g/mol. The molecule has 1 unspecified atom stereocenters. The Hall–Kier alpha value is -4.68. The van der Waals surface area contributed by atoms with Gasteiger partial charge in [0.1, 0.15) is 30.0 Å². The Morgan fingerprint density at radius 2 is 1.42 bits per heavy atom. The molecule has 74 heavy (non-hydrogen) atoms. The van der Waals surface area contributed by atoms with Gasteiger partial charge in [-0.05, 0) is 42.7 Å². The van der Waals surface area contributed by atoms with E-state index in [1.807, 2.05) is 0 Å². The van der Waals surface area contributed by atoms with E-state index in [1.165, 1.54) is 33.3 Å². The van der Waals surface area contributed by atoms with Crippen molar-refractivity contribution in [1.82, 2.24) is 10.6 Å². The minimum atomic E-state index is -2.24. The third-order valence-corrected chi connectivity index (χ3v) is 15.5. The van der Waals surface area contributed by atoms with Crippen LogP contribution in [0.1, 0.15) is 75.8 Å². The number of hydrogen-bond donors (Lipinski definition) is 4. The van der Waals surface area contributed by atoms with Crippen molar-refractivity contribution in [3.05, 3.63) is 82.9 Å². The smallest absolute Gasteiger partial charge is 0.338 e. The molecule has 0 radical (unpaired) electrons. The van der Waals surface area contributed by atoms with Crippen LogP contribution in [0, 0.1) is 16.7 Å². The number of halogens is 1. The second kappa shape index (κ2) is 25.9. The molecule has 6 rings (SSSR count). The predicted octanol–water partition coefficient (Wildman–Crippen LogP) is 3.13. The van der Waals surface area contributed by atoms with Gasteiger partial charge < -0.3 is 68.2 Å². The minimum absolute atomic E-state index is 0.00341. The third-order valence-electron chi connectivity index (χ3n) is 15.0. The summed E-state index contributed by atoms with van der Waals surface area (Å²) in [6, 6.07) is 15.1. The Morgan fingerprint density at radius 1 is 0.824 bits per heavy atom. The van der Waals surface area contributed by atoms with Gasteiger partial charge in [-0.1, -0.05) is 78.3 Å². The summed E-state index contributed by atoms with van der Waals surface area (Å²) < 4.78 is 59.2. The van der Waals surface area contributed by atoms with Crippen LogP contribution in [0.15, 0.2) is 71.8 Å². The van der Waals surface area contributed by atoms with Gasteiger partial charge >= 0.3 is 17.9 Å². The number of aliphatic hydroxyl groups is 2. The van der Waals surface area contributed by atoms with Crippen LogP contribution in [0.5, 0.6) is 0 Å². The second-order valence-corrected chi connectivity index (χ2v) is 20.2. The van der Waals surface area contributed by atoms with E-state index in [2.05, 4.69) is 26.6 Å². The average molecular weight is 1100 g/mol. The normalized spacial score (nSPS) is 28.7. The fourth-order valence-corrected chi connectivity index (χ4v) is 11.3. The summed E-state index contributed by atoms with van der Waals surface area (Å²) in [6.07, 6.45) is -8.69. The number of alkyl halides is 1. The first-order valence-corrected chi connectivity index (χ1v) is 25.9. The zero-order valence-corrected chi connectivity index (χ0v) is 44.7. The molecule has 2 aromatic rings. The zero-order chi connectivity index (χ0) is 53.8. The van der Waals surface area contributed by atoms with E-state index in [4.69, 9.17) is 47.4 Å². The Bertz CT molecular complexity index is 2300. The number of methoxy groups -OCH3 is 2. The summed E-state index contributed by atoms with van der Waals surface area (Å²) in [4.78, 5) is 82.3. The lowest BCUT2D eigenvalue weighted by Crippen LogP contribution is -2.82. The number of aliphatic hydroxyl groups excluding tert-OH is 1. The molecule has 2 amide bonds. The number of Topliss-reactive ketones (excluding diaryl/α,β-unsaturated/α-hetero) is 1. The highest BCUT2D eigenvalue weighted by Gasteiger charge is 2.78. The Morgan fingerprint density at radius 3 is 1.97 bits per heavy atom. The minimum Gasteiger partial charge on any atom is -0.456 e. The Kier molecular flexibility index (Phi) is 20.5. The van der Waals surface area contributed by atoms with Crippen LogP contribution in [0.3, 0.4) is 0 Å². The van der Waals surface area contributed by atoms with Crippen molar-refractivity contribution < 1.29 is 86.3 Å². The molecule has 2 bridgehead atoms. The highest BCUT2D eigenvalue weighted by atomic mass is 79.9. The second-order valence-electron chi connectivity index (χ2n) is 19.6. The first-order chi connectivity index (χ1) is 35.3. The SMILES string of the molecule is CO[C@H]1C(=O)[C@@]2(C)C([C@H](OC(=O)c3ccccc3)[C@]3(O)C[C@H](OC(=O)[C@H](O)[C@@H](NC(=O)CCOCCOCCOCCOCCNC(=O)CBr)c4ccccc4)C(C)=C1C3(C)C)[C@]1(OC(C)=O)CO[C@@H]1C[C@@H]2OC. The fraction of sp³-hybridized carbons (Fsp3) is 0.623. The number of carbonyl (C=O) groups is 6. The molecule has 21 heteroatoms. The lowest BCUT2D eigenvalue weighted by atomic mass is 9.44. The number of amides is 2. The lowest BCUT2D eigenvalue weighted by molar-refractivity contribution is -0.347. The van der Waals surface area contributed by atoms with Gasteiger partial charge in [-0.3, -0.25) is 19.2 Å². The first-order valence-electron chi connectivity index (χ1n) is 24.8. The van der Waals surface area contributed by atoms with E-state index in [-0.39, 0.29) is 61.6 Å². The average Bonchev–Trinajstić information content (AvgIpc) is 3.38. The molecule has 2 aromatic carbocycles. The number of carbonyl (C=O) groups excluding carboxylic acids is 6. The standard InChI is InChI=1S/C53H71BrN2O18/c1-32-36(72-49(63)43(60)42(34-14-10-8-11-15-34)56-39(58)18-20-67-22-24-69-26-27-70-25-23-68-21-19-55-40(59)30-54)29-53(64)47(73-48(62)35-16-12-9-13-17-35)45-51(5,46(61)44(66-7)41(32)50(53,3)4)37(65-6)28-38-52(45,31-71-38)74-33(2)57/h8-17,36-38,42-45,47,60,64H,18-31H2,1-7H3,(H,55,59)(H,56,58)/t36-,37-,38+,42-,43+,44+,45?,47-,51+,52-,53+/m0/s1. The molecule has 0 aromatic heterocycles. The van der Waals surface area contributed by atoms with Gasteiger partial charge in [0.25, 0.3) is 0 Å². The van der Waals surface area contributed by atoms with E-state index in [9.17, 15) is 34.2 Å². The van der Waals surface area contributed by atoms with Gasteiger partial charge in [0.2, 0.25) is 11.8 Å². The fourth-order valence-electron chi connectivity index (χ4n) is 11.1. The largest absolute Gasteiger partial charge is 0.456 e. The van der Waals surface area contributed by atoms with Crippen LogP contribution in [0.25, 0.3) is 0 Å². The van der Waals surface area contributed by atoms with Crippen LogP contribution in [-0.2, 0) is 71.3 Å². The topological polar surface area (TPSA) is 259 Å². The highest BCUT2D eigenvalue weighted by molar-refractivity contribution is 9.09. The van der Waals surface area contributed by atoms with Gasteiger partial charge in [-0.25, -0.2) is 9.59 Å². The molecule has 3 aliphatic carbocycles. The maximum Gasteiger partial charge on any atom is 0.338 e. The van der Waals surface area contributed by atoms with Gasteiger partial charge in [0.15, 0.2) is 17.5 Å². The van der Waals surface area contributed by atoms with E-state index in [0.29, 0.717) is 50.7 Å². The molecule has 1 heterocycles. The van der Waals surface area contributed by atoms with Crippen molar-refractivity contribution in [2.24, 2.45) is 16.7 Å². The van der Waals surface area contributed by atoms with Crippen molar-refractivity contribution in [1.29, 1.82) is 0 Å². The highest BCUT2D eigenvalue weighted by Crippen LogP contribution is 2.64. The van der Waals surface area contributed by atoms with E-state index >= 15 is 4.79 Å². The zero-order valence-electron chi connectivity index (χ0n) is 43.1. The van der Waals surface area contributed by atoms with Gasteiger partial charge in [-0.2, -0.15) is 0 Å². The number of esters is 3. The molecule has 2 saturated carbocycles. The van der Waals surface area contributed by atoms with Crippen molar-refractivity contribution in [2.45, 2.75) is 108 Å². The van der Waals surface area contributed by atoms with E-state index in [1.54, 1.807) is 76.2 Å². The van der Waals surface area contributed by atoms with Gasteiger partial charge in [0.05, 0.1) is 93.8 Å². The summed E-state index contributed by atoms with van der Waals surface area (Å²) in [5.74, 6) is -5.24. The van der Waals surface area contributed by atoms with E-state index in [0.717, 1.165) is 0 Å². The summed E-state index contributed by atoms with van der Waals surface area (Å²) in [6.45, 7) is 10.2. The molecule has 3 fully saturated rings. The van der Waals surface area contributed by atoms with E-state index < -0.39 is 107 Å². The van der Waals surface area contributed by atoms with Gasteiger partial charge in [-0.15, -0.1) is 0 Å². The molecular formula is C53H71BrN2O18. The number of fused-ring (bicyclic) bond motifs is 5. The molecule has 0 spiro atoms. The summed E-state index contributed by atoms with van der Waals surface area (Å²) in [7, 11) is 2.78. The maximum atomic E-state index is 15.7. The van der Waals surface area contributed by atoms with Crippen molar-refractivity contribution in [2.75, 3.05) is 85.6 Å². The summed E-state index contributed by atoms with van der Waals surface area (Å²) in [5.41, 5.74) is -5.94. The predicted molar refractivity (Wildman–Crippen MR) is 267 cm³/mol. The summed E-state index contributed by atoms with van der Waals surface area (Å²) >= 11 is 3.07. The molecule has 11 atom stereocenters. The lowest BCUT2D eigenvalue weighted by Gasteiger charge is -2.67. The number of rotatable bonds is 26. The first kappa shape index (κ1) is 58.6. The van der Waals surface area contributed by atoms with Crippen molar-refractivity contribution in [3.63, 3.8) is 0 Å². The number of ether oxygens (including phenoxy) is 10. The number of benzene rings is 2.